The zero-order chi connectivity index (χ0) is 17.9. The number of fused-ring (bicyclic) bond motifs is 2. The van der Waals surface area contributed by atoms with Gasteiger partial charge in [0.05, 0.1) is 23.0 Å². The molecule has 26 heavy (non-hydrogen) atoms. The Hall–Kier alpha value is -3.22. The van der Waals surface area contributed by atoms with Crippen LogP contribution in [-0.2, 0) is 12.8 Å². The smallest absolute Gasteiger partial charge is 0.257 e. The molecule has 3 aromatic rings. The fourth-order valence-corrected chi connectivity index (χ4v) is 3.32. The van der Waals surface area contributed by atoms with Gasteiger partial charge in [0, 0.05) is 37.8 Å². The molecule has 0 spiro atoms. The average molecular weight is 348 g/mol. The molecule has 1 aliphatic rings. The van der Waals surface area contributed by atoms with Gasteiger partial charge in [0.2, 0.25) is 0 Å². The van der Waals surface area contributed by atoms with E-state index >= 15 is 0 Å². The van der Waals surface area contributed by atoms with Crippen LogP contribution in [0.2, 0.25) is 0 Å². The maximum Gasteiger partial charge on any atom is 0.257 e. The van der Waals surface area contributed by atoms with Crippen LogP contribution in [0.5, 0.6) is 0 Å². The number of carbonyl (C=O) groups is 1. The molecule has 1 amide bonds. The topological polar surface area (TPSA) is 75.4 Å². The van der Waals surface area contributed by atoms with Gasteiger partial charge < -0.3 is 10.2 Å². The molecule has 132 valence electrons. The summed E-state index contributed by atoms with van der Waals surface area (Å²) in [5.41, 5.74) is 3.55. The number of anilines is 1. The lowest BCUT2D eigenvalue weighted by molar-refractivity contribution is 0.0765. The molecule has 4 rings (SSSR count). The lowest BCUT2D eigenvalue weighted by Crippen LogP contribution is -2.33. The van der Waals surface area contributed by atoms with E-state index in [-0.39, 0.29) is 5.91 Å². The van der Waals surface area contributed by atoms with Gasteiger partial charge in [0.25, 0.3) is 5.91 Å². The SMILES string of the molecule is C=CCNc1ncnc2c1CCN(C(=O)c1cnn3ccccc13)CC2. The predicted octanol–water partition coefficient (Wildman–Crippen LogP) is 1.96. The standard InChI is InChI=1S/C19H20N6O/c1-2-8-20-18-14-6-10-24(11-7-16(14)21-13-22-18)19(26)15-12-23-25-9-4-3-5-17(15)25/h2-5,9,12-13H,1,6-8,10-11H2,(H,20,21,22). The van der Waals surface area contributed by atoms with E-state index in [1.54, 1.807) is 23.1 Å². The molecule has 0 saturated heterocycles. The summed E-state index contributed by atoms with van der Waals surface area (Å²) in [4.78, 5) is 23.7. The van der Waals surface area contributed by atoms with Crippen molar-refractivity contribution >= 4 is 17.2 Å². The second kappa shape index (κ2) is 6.95. The van der Waals surface area contributed by atoms with E-state index in [1.807, 2.05) is 29.3 Å². The molecule has 4 heterocycles. The van der Waals surface area contributed by atoms with Crippen LogP contribution < -0.4 is 5.32 Å². The molecule has 7 heteroatoms. The second-order valence-corrected chi connectivity index (χ2v) is 6.20. The molecular weight excluding hydrogens is 328 g/mol. The van der Waals surface area contributed by atoms with Crippen molar-refractivity contribution in [3.8, 4) is 0 Å². The van der Waals surface area contributed by atoms with Gasteiger partial charge >= 0.3 is 0 Å². The summed E-state index contributed by atoms with van der Waals surface area (Å²) in [6, 6.07) is 5.72. The number of carbonyl (C=O) groups excluding carboxylic acids is 1. The molecule has 0 aliphatic carbocycles. The fourth-order valence-electron chi connectivity index (χ4n) is 3.32. The van der Waals surface area contributed by atoms with Gasteiger partial charge in [0.15, 0.2) is 0 Å². The molecule has 1 aliphatic heterocycles. The first-order chi connectivity index (χ1) is 12.8. The van der Waals surface area contributed by atoms with Crippen LogP contribution >= 0.6 is 0 Å². The summed E-state index contributed by atoms with van der Waals surface area (Å²) in [6.07, 6.45) is 8.30. The Morgan fingerprint density at radius 3 is 3.04 bits per heavy atom. The number of rotatable bonds is 4. The highest BCUT2D eigenvalue weighted by Crippen LogP contribution is 2.22. The Bertz CT molecular complexity index is 964. The molecule has 0 aromatic carbocycles. The Kier molecular flexibility index (Phi) is 4.35. The molecule has 0 radical (unpaired) electrons. The van der Waals surface area contributed by atoms with Crippen molar-refractivity contribution in [3.05, 3.63) is 66.4 Å². The molecule has 1 N–H and O–H groups in total. The van der Waals surface area contributed by atoms with Crippen molar-refractivity contribution in [2.75, 3.05) is 25.0 Å². The zero-order valence-electron chi connectivity index (χ0n) is 14.4. The average Bonchev–Trinajstić information content (AvgIpc) is 2.98. The van der Waals surface area contributed by atoms with Gasteiger partial charge in [-0.2, -0.15) is 5.10 Å². The van der Waals surface area contributed by atoms with E-state index < -0.39 is 0 Å². The van der Waals surface area contributed by atoms with Gasteiger partial charge in [-0.25, -0.2) is 14.5 Å². The lowest BCUT2D eigenvalue weighted by atomic mass is 10.1. The van der Waals surface area contributed by atoms with E-state index in [4.69, 9.17) is 0 Å². The highest BCUT2D eigenvalue weighted by atomic mass is 16.2. The first-order valence-corrected chi connectivity index (χ1v) is 8.67. The van der Waals surface area contributed by atoms with Crippen LogP contribution in [0, 0.1) is 0 Å². The number of amides is 1. The Labute approximate surface area is 151 Å². The Morgan fingerprint density at radius 2 is 2.15 bits per heavy atom. The number of nitrogens with zero attached hydrogens (tertiary/aromatic N) is 5. The van der Waals surface area contributed by atoms with E-state index in [1.165, 1.54) is 0 Å². The van der Waals surface area contributed by atoms with Crippen LogP contribution in [0.25, 0.3) is 5.52 Å². The first kappa shape index (κ1) is 16.3. The van der Waals surface area contributed by atoms with E-state index in [9.17, 15) is 4.79 Å². The molecule has 7 nitrogen and oxygen atoms in total. The Morgan fingerprint density at radius 1 is 1.27 bits per heavy atom. The van der Waals surface area contributed by atoms with Crippen LogP contribution in [0.1, 0.15) is 21.6 Å². The maximum atomic E-state index is 13.0. The molecule has 0 saturated carbocycles. The summed E-state index contributed by atoms with van der Waals surface area (Å²) >= 11 is 0. The Balaban J connectivity index is 1.57. The molecule has 0 bridgehead atoms. The maximum absolute atomic E-state index is 13.0. The van der Waals surface area contributed by atoms with Crippen LogP contribution in [0.3, 0.4) is 0 Å². The van der Waals surface area contributed by atoms with Gasteiger partial charge in [0.1, 0.15) is 12.1 Å². The van der Waals surface area contributed by atoms with Crippen molar-refractivity contribution in [3.63, 3.8) is 0 Å². The summed E-state index contributed by atoms with van der Waals surface area (Å²) < 4.78 is 1.72. The van der Waals surface area contributed by atoms with Crippen molar-refractivity contribution < 1.29 is 4.79 Å². The third kappa shape index (κ3) is 2.92. The minimum Gasteiger partial charge on any atom is -0.366 e. The van der Waals surface area contributed by atoms with E-state index in [0.29, 0.717) is 31.6 Å². The fraction of sp³-hybridized carbons (Fsp3) is 0.263. The van der Waals surface area contributed by atoms with Gasteiger partial charge in [-0.1, -0.05) is 12.1 Å². The first-order valence-electron chi connectivity index (χ1n) is 8.67. The third-order valence-electron chi connectivity index (χ3n) is 4.64. The largest absolute Gasteiger partial charge is 0.366 e. The molecule has 0 fully saturated rings. The minimum absolute atomic E-state index is 0.00701. The predicted molar refractivity (Wildman–Crippen MR) is 99.2 cm³/mol. The number of pyridine rings is 1. The quantitative estimate of drug-likeness (QED) is 0.730. The van der Waals surface area contributed by atoms with Crippen molar-refractivity contribution in [2.24, 2.45) is 0 Å². The van der Waals surface area contributed by atoms with E-state index in [0.717, 1.165) is 29.0 Å². The second-order valence-electron chi connectivity index (χ2n) is 6.20. The van der Waals surface area contributed by atoms with Crippen molar-refractivity contribution in [1.29, 1.82) is 0 Å². The number of hydrogen-bond donors (Lipinski definition) is 1. The molecule has 0 unspecified atom stereocenters. The van der Waals surface area contributed by atoms with Crippen LogP contribution in [0.15, 0.2) is 49.6 Å². The minimum atomic E-state index is 0.00701. The summed E-state index contributed by atoms with van der Waals surface area (Å²) in [6.45, 7) is 5.64. The monoisotopic (exact) mass is 348 g/mol. The number of hydrogen-bond acceptors (Lipinski definition) is 5. The van der Waals surface area contributed by atoms with Crippen LogP contribution in [-0.4, -0.2) is 50.0 Å². The van der Waals surface area contributed by atoms with Gasteiger partial charge in [-0.15, -0.1) is 6.58 Å². The van der Waals surface area contributed by atoms with Crippen molar-refractivity contribution in [1.82, 2.24) is 24.5 Å². The van der Waals surface area contributed by atoms with Crippen LogP contribution in [0.4, 0.5) is 5.82 Å². The van der Waals surface area contributed by atoms with Crippen molar-refractivity contribution in [2.45, 2.75) is 12.8 Å². The zero-order valence-corrected chi connectivity index (χ0v) is 14.4. The summed E-state index contributed by atoms with van der Waals surface area (Å²) in [7, 11) is 0. The number of nitrogens with one attached hydrogen (secondary N) is 1. The van der Waals surface area contributed by atoms with Gasteiger partial charge in [-0.3, -0.25) is 4.79 Å². The third-order valence-corrected chi connectivity index (χ3v) is 4.64. The summed E-state index contributed by atoms with van der Waals surface area (Å²) in [5.74, 6) is 0.841. The molecule has 0 atom stereocenters. The molecule has 3 aromatic heterocycles. The number of aromatic nitrogens is 4. The van der Waals surface area contributed by atoms with Gasteiger partial charge in [-0.05, 0) is 18.6 Å². The molecular formula is C19H20N6O. The normalized spacial score (nSPS) is 13.9. The summed E-state index contributed by atoms with van der Waals surface area (Å²) in [5, 5.41) is 7.53. The highest BCUT2D eigenvalue weighted by Gasteiger charge is 2.24. The highest BCUT2D eigenvalue weighted by molar-refractivity contribution is 6.00. The van der Waals surface area contributed by atoms with E-state index in [2.05, 4.69) is 27.0 Å². The lowest BCUT2D eigenvalue weighted by Gasteiger charge is -2.19.